The number of aryl methyl sites for hydroxylation is 1. The summed E-state index contributed by atoms with van der Waals surface area (Å²) in [4.78, 5) is 9.72. The van der Waals surface area contributed by atoms with E-state index in [1.165, 1.54) is 54.4 Å². The molecule has 2 aliphatic heterocycles. The first-order valence-electron chi connectivity index (χ1n) is 12.2. The lowest BCUT2D eigenvalue weighted by molar-refractivity contribution is -0.0152. The second kappa shape index (κ2) is 8.38. The molecule has 176 valence electrons. The number of aliphatic hydroxyl groups excluding tert-OH is 1. The molecule has 6 rings (SSSR count). The highest BCUT2D eigenvalue weighted by molar-refractivity contribution is 7.09. The Hall–Kier alpha value is -1.93. The highest BCUT2D eigenvalue weighted by Gasteiger charge is 2.53. The number of aliphatic hydroxyl groups is 1. The van der Waals surface area contributed by atoms with Gasteiger partial charge in [0.1, 0.15) is 10.8 Å². The van der Waals surface area contributed by atoms with Gasteiger partial charge in [0.05, 0.1) is 31.8 Å². The maximum absolute atomic E-state index is 10.6. The van der Waals surface area contributed by atoms with Gasteiger partial charge in [-0.1, -0.05) is 12.8 Å². The molecular weight excluding hydrogens is 432 g/mol. The average molecular weight is 467 g/mol. The van der Waals surface area contributed by atoms with Gasteiger partial charge in [0.2, 0.25) is 0 Å². The van der Waals surface area contributed by atoms with E-state index in [2.05, 4.69) is 44.6 Å². The number of hydrogen-bond acceptors (Lipinski definition) is 6. The second-order valence-corrected chi connectivity index (χ2v) is 11.3. The predicted molar refractivity (Wildman–Crippen MR) is 132 cm³/mol. The molecule has 1 atom stereocenters. The van der Waals surface area contributed by atoms with Crippen molar-refractivity contribution in [3.63, 3.8) is 0 Å². The minimum Gasteiger partial charge on any atom is -0.497 e. The molecule has 0 bridgehead atoms. The van der Waals surface area contributed by atoms with Crippen molar-refractivity contribution in [2.24, 2.45) is 13.0 Å². The van der Waals surface area contributed by atoms with E-state index in [0.29, 0.717) is 0 Å². The normalized spacial score (nSPS) is 23.3. The van der Waals surface area contributed by atoms with Crippen molar-refractivity contribution >= 4 is 22.2 Å². The number of thiazole rings is 1. The summed E-state index contributed by atoms with van der Waals surface area (Å²) in [6.07, 6.45) is 7.48. The molecule has 3 aromatic rings. The van der Waals surface area contributed by atoms with Crippen LogP contribution in [0.2, 0.25) is 0 Å². The highest BCUT2D eigenvalue weighted by atomic mass is 32.1. The number of ether oxygens (including phenoxy) is 1. The van der Waals surface area contributed by atoms with Gasteiger partial charge in [0.15, 0.2) is 0 Å². The lowest BCUT2D eigenvalue weighted by atomic mass is 9.68. The molecule has 0 unspecified atom stereocenters. The van der Waals surface area contributed by atoms with Gasteiger partial charge >= 0.3 is 0 Å². The quantitative estimate of drug-likeness (QED) is 0.597. The van der Waals surface area contributed by atoms with Crippen molar-refractivity contribution in [1.29, 1.82) is 0 Å². The minimum absolute atomic E-state index is 0.0261. The minimum atomic E-state index is -0.0261. The molecule has 6 nitrogen and oxygen atoms in total. The van der Waals surface area contributed by atoms with Crippen molar-refractivity contribution < 1.29 is 9.84 Å². The molecule has 0 radical (unpaired) electrons. The molecule has 4 heterocycles. The topological polar surface area (TPSA) is 53.8 Å². The molecule has 1 aliphatic carbocycles. The third kappa shape index (κ3) is 3.52. The zero-order chi connectivity index (χ0) is 22.6. The SMILES string of the molecule is COc1ccc2c3c(n(C)c2c1)[C@H](CO)N(Cc1nccs1)CC31CN(CC2CCCC2)C1. The number of aromatic nitrogens is 2. The largest absolute Gasteiger partial charge is 0.497 e. The van der Waals surface area contributed by atoms with Gasteiger partial charge < -0.3 is 19.3 Å². The molecule has 1 spiro atoms. The Morgan fingerprint density at radius 2 is 2.03 bits per heavy atom. The molecule has 1 aromatic carbocycles. The molecule has 2 aromatic heterocycles. The van der Waals surface area contributed by atoms with Gasteiger partial charge in [-0.05, 0) is 36.5 Å². The van der Waals surface area contributed by atoms with Crippen molar-refractivity contribution in [2.75, 3.05) is 39.9 Å². The van der Waals surface area contributed by atoms with E-state index in [9.17, 15) is 5.11 Å². The number of hydrogen-bond donors (Lipinski definition) is 1. The van der Waals surface area contributed by atoms with Crippen LogP contribution in [0.5, 0.6) is 5.75 Å². The summed E-state index contributed by atoms with van der Waals surface area (Å²) in [6, 6.07) is 6.44. The first-order valence-corrected chi connectivity index (χ1v) is 13.1. The Morgan fingerprint density at radius 1 is 1.21 bits per heavy atom. The highest BCUT2D eigenvalue weighted by Crippen LogP contribution is 2.50. The number of likely N-dealkylation sites (tertiary alicyclic amines) is 1. The first kappa shape index (κ1) is 21.6. The molecule has 3 aliphatic rings. The summed E-state index contributed by atoms with van der Waals surface area (Å²) in [7, 11) is 3.88. The van der Waals surface area contributed by atoms with Crippen LogP contribution in [0, 0.1) is 5.92 Å². The van der Waals surface area contributed by atoms with Crippen LogP contribution in [0.1, 0.15) is 48.0 Å². The summed E-state index contributed by atoms with van der Waals surface area (Å²) >= 11 is 1.70. The van der Waals surface area contributed by atoms with Crippen LogP contribution in [0.3, 0.4) is 0 Å². The van der Waals surface area contributed by atoms with Crippen LogP contribution in [0.25, 0.3) is 10.9 Å². The van der Waals surface area contributed by atoms with Gasteiger partial charge in [0.25, 0.3) is 0 Å². The molecule has 1 N–H and O–H groups in total. The van der Waals surface area contributed by atoms with Crippen LogP contribution in [0.4, 0.5) is 0 Å². The van der Waals surface area contributed by atoms with E-state index in [4.69, 9.17) is 4.74 Å². The van der Waals surface area contributed by atoms with Gasteiger partial charge in [-0.2, -0.15) is 0 Å². The Labute approximate surface area is 199 Å². The van der Waals surface area contributed by atoms with E-state index in [-0.39, 0.29) is 18.1 Å². The molecule has 1 saturated carbocycles. The zero-order valence-electron chi connectivity index (χ0n) is 19.7. The Morgan fingerprint density at radius 3 is 2.73 bits per heavy atom. The van der Waals surface area contributed by atoms with Gasteiger partial charge in [0, 0.05) is 67.4 Å². The van der Waals surface area contributed by atoms with Crippen molar-refractivity contribution in [2.45, 2.75) is 43.7 Å². The molecule has 2 fully saturated rings. The summed E-state index contributed by atoms with van der Waals surface area (Å²) in [5, 5.41) is 15.1. The molecule has 7 heteroatoms. The van der Waals surface area contributed by atoms with E-state index >= 15 is 0 Å². The van der Waals surface area contributed by atoms with Gasteiger partial charge in [-0.3, -0.25) is 4.90 Å². The van der Waals surface area contributed by atoms with Crippen molar-refractivity contribution in [3.05, 3.63) is 46.0 Å². The second-order valence-electron chi connectivity index (χ2n) is 10.3. The average Bonchev–Trinajstić information content (AvgIpc) is 3.55. The van der Waals surface area contributed by atoms with Crippen LogP contribution in [-0.4, -0.2) is 64.4 Å². The molecule has 1 saturated heterocycles. The Balaban J connectivity index is 1.42. The third-order valence-electron chi connectivity index (χ3n) is 8.28. The summed E-state index contributed by atoms with van der Waals surface area (Å²) in [6.45, 7) is 5.32. The lowest BCUT2D eigenvalue weighted by Gasteiger charge is -2.57. The van der Waals surface area contributed by atoms with Crippen LogP contribution in [-0.2, 0) is 19.0 Å². The fourth-order valence-corrected chi connectivity index (χ4v) is 7.53. The van der Waals surface area contributed by atoms with Gasteiger partial charge in [-0.25, -0.2) is 4.98 Å². The zero-order valence-corrected chi connectivity index (χ0v) is 20.5. The maximum atomic E-state index is 10.6. The van der Waals surface area contributed by atoms with Crippen LogP contribution < -0.4 is 4.74 Å². The number of benzene rings is 1. The smallest absolute Gasteiger partial charge is 0.120 e. The number of methoxy groups -OCH3 is 1. The lowest BCUT2D eigenvalue weighted by Crippen LogP contribution is -2.66. The van der Waals surface area contributed by atoms with Gasteiger partial charge in [-0.15, -0.1) is 11.3 Å². The standard InChI is InChI=1S/C26H34N4O2S/c1-28-21-11-19(32-2)7-8-20(21)24-25(28)22(14-31)30(13-23-27-9-10-33-23)17-26(24)15-29(16-26)12-18-5-3-4-6-18/h7-11,18,22,31H,3-6,12-17H2,1-2H3/t22-/m0/s1. The van der Waals surface area contributed by atoms with Crippen molar-refractivity contribution in [1.82, 2.24) is 19.4 Å². The van der Waals surface area contributed by atoms with E-state index in [1.54, 1.807) is 18.4 Å². The fraction of sp³-hybridized carbons (Fsp3) is 0.577. The monoisotopic (exact) mass is 466 g/mol. The maximum Gasteiger partial charge on any atom is 0.120 e. The summed E-state index contributed by atoms with van der Waals surface area (Å²) in [5.74, 6) is 1.75. The van der Waals surface area contributed by atoms with Crippen molar-refractivity contribution in [3.8, 4) is 5.75 Å². The summed E-state index contributed by atoms with van der Waals surface area (Å²) < 4.78 is 7.86. The molecule has 0 amide bonds. The van der Waals surface area contributed by atoms with E-state index in [1.807, 2.05) is 11.6 Å². The Kier molecular flexibility index (Phi) is 5.48. The number of rotatable bonds is 6. The predicted octanol–water partition coefficient (Wildman–Crippen LogP) is 3.94. The third-order valence-corrected chi connectivity index (χ3v) is 9.05. The number of nitrogens with zero attached hydrogens (tertiary/aromatic N) is 4. The molecular formula is C26H34N4O2S. The fourth-order valence-electron chi connectivity index (χ4n) is 6.89. The molecule has 33 heavy (non-hydrogen) atoms. The van der Waals surface area contributed by atoms with E-state index in [0.717, 1.165) is 42.9 Å². The van der Waals surface area contributed by atoms with E-state index < -0.39 is 0 Å². The summed E-state index contributed by atoms with van der Waals surface area (Å²) in [5.41, 5.74) is 4.02. The van der Waals surface area contributed by atoms with Crippen LogP contribution >= 0.6 is 11.3 Å². The first-order chi connectivity index (χ1) is 16.1. The Bertz CT molecular complexity index is 1130. The van der Waals surface area contributed by atoms with Crippen LogP contribution in [0.15, 0.2) is 29.8 Å². The number of fused-ring (bicyclic) bond motifs is 4.